The van der Waals surface area contributed by atoms with E-state index in [2.05, 4.69) is 18.7 Å². The molecule has 0 saturated heterocycles. The van der Waals surface area contributed by atoms with Crippen molar-refractivity contribution in [3.05, 3.63) is 23.8 Å². The highest BCUT2D eigenvalue weighted by Crippen LogP contribution is 2.30. The molecular formula is C13H22N2O2. The Morgan fingerprint density at radius 1 is 1.47 bits per heavy atom. The number of hydrogen-bond acceptors (Lipinski definition) is 4. The van der Waals surface area contributed by atoms with Gasteiger partial charge in [0.1, 0.15) is 0 Å². The molecule has 0 aliphatic rings. The summed E-state index contributed by atoms with van der Waals surface area (Å²) in [5, 5.41) is 9.56. The Balaban J connectivity index is 2.90. The van der Waals surface area contributed by atoms with Gasteiger partial charge in [0.05, 0.1) is 7.11 Å². The fraction of sp³-hybridized carbons (Fsp3) is 0.538. The minimum absolute atomic E-state index is 0.172. The monoisotopic (exact) mass is 238 g/mol. The Morgan fingerprint density at radius 2 is 2.18 bits per heavy atom. The molecule has 0 aliphatic heterocycles. The number of aromatic hydroxyl groups is 1. The SMILES string of the molecule is CCN(CCN)C(C)c1ccc(O)c(OC)c1. The van der Waals surface area contributed by atoms with Gasteiger partial charge in [-0.15, -0.1) is 0 Å². The molecule has 1 rings (SSSR count). The van der Waals surface area contributed by atoms with Crippen molar-refractivity contribution >= 4 is 0 Å². The summed E-state index contributed by atoms with van der Waals surface area (Å²) in [5.41, 5.74) is 6.72. The van der Waals surface area contributed by atoms with Crippen LogP contribution in [-0.2, 0) is 0 Å². The third-order valence-electron chi connectivity index (χ3n) is 3.06. The number of benzene rings is 1. The van der Waals surface area contributed by atoms with Gasteiger partial charge in [0.2, 0.25) is 0 Å². The summed E-state index contributed by atoms with van der Waals surface area (Å²) in [6.07, 6.45) is 0. The molecule has 1 unspecified atom stereocenters. The molecule has 0 fully saturated rings. The van der Waals surface area contributed by atoms with Gasteiger partial charge in [0.15, 0.2) is 11.5 Å². The number of phenols is 1. The Labute approximate surface area is 103 Å². The van der Waals surface area contributed by atoms with Gasteiger partial charge in [0.25, 0.3) is 0 Å². The van der Waals surface area contributed by atoms with Crippen LogP contribution in [0.5, 0.6) is 11.5 Å². The fourth-order valence-electron chi connectivity index (χ4n) is 1.96. The van der Waals surface area contributed by atoms with Gasteiger partial charge in [-0.3, -0.25) is 4.90 Å². The second-order valence-electron chi connectivity index (χ2n) is 4.02. The van der Waals surface area contributed by atoms with Crippen molar-refractivity contribution in [2.24, 2.45) is 5.73 Å². The van der Waals surface area contributed by atoms with Gasteiger partial charge >= 0.3 is 0 Å². The summed E-state index contributed by atoms with van der Waals surface area (Å²) in [4.78, 5) is 2.28. The molecule has 4 heteroatoms. The molecule has 0 aromatic heterocycles. The molecule has 0 spiro atoms. The van der Waals surface area contributed by atoms with E-state index >= 15 is 0 Å². The minimum Gasteiger partial charge on any atom is -0.504 e. The van der Waals surface area contributed by atoms with Crippen LogP contribution in [-0.4, -0.2) is 36.8 Å². The van der Waals surface area contributed by atoms with E-state index in [1.807, 2.05) is 12.1 Å². The van der Waals surface area contributed by atoms with Crippen molar-refractivity contribution in [3.8, 4) is 11.5 Å². The van der Waals surface area contributed by atoms with Gasteiger partial charge in [-0.05, 0) is 31.2 Å². The number of rotatable bonds is 6. The first-order valence-electron chi connectivity index (χ1n) is 5.95. The normalized spacial score (nSPS) is 12.8. The predicted molar refractivity (Wildman–Crippen MR) is 69.4 cm³/mol. The molecule has 3 N–H and O–H groups in total. The largest absolute Gasteiger partial charge is 0.504 e. The van der Waals surface area contributed by atoms with Crippen LogP contribution in [0.25, 0.3) is 0 Å². The first-order valence-corrected chi connectivity index (χ1v) is 5.95. The molecular weight excluding hydrogens is 216 g/mol. The van der Waals surface area contributed by atoms with Crippen LogP contribution in [0.2, 0.25) is 0 Å². The van der Waals surface area contributed by atoms with E-state index in [1.165, 1.54) is 0 Å². The molecule has 0 bridgehead atoms. The molecule has 0 heterocycles. The second kappa shape index (κ2) is 6.47. The zero-order valence-electron chi connectivity index (χ0n) is 10.8. The second-order valence-corrected chi connectivity index (χ2v) is 4.02. The van der Waals surface area contributed by atoms with Crippen LogP contribution in [0, 0.1) is 0 Å². The number of phenolic OH excluding ortho intramolecular Hbond substituents is 1. The standard InChI is InChI=1S/C13H22N2O2/c1-4-15(8-7-14)10(2)11-5-6-12(16)13(9-11)17-3/h5-6,9-10,16H,4,7-8,14H2,1-3H3. The lowest BCUT2D eigenvalue weighted by Gasteiger charge is -2.27. The van der Waals surface area contributed by atoms with Crippen LogP contribution in [0.1, 0.15) is 25.5 Å². The molecule has 96 valence electrons. The van der Waals surface area contributed by atoms with E-state index in [0.717, 1.165) is 18.7 Å². The average Bonchev–Trinajstić information content (AvgIpc) is 2.35. The topological polar surface area (TPSA) is 58.7 Å². The lowest BCUT2D eigenvalue weighted by atomic mass is 10.1. The van der Waals surface area contributed by atoms with E-state index in [4.69, 9.17) is 10.5 Å². The Hall–Kier alpha value is -1.26. The number of hydrogen-bond donors (Lipinski definition) is 2. The highest BCUT2D eigenvalue weighted by Gasteiger charge is 2.15. The summed E-state index contributed by atoms with van der Waals surface area (Å²) >= 11 is 0. The van der Waals surface area contributed by atoms with E-state index in [-0.39, 0.29) is 11.8 Å². The molecule has 0 radical (unpaired) electrons. The van der Waals surface area contributed by atoms with Gasteiger partial charge < -0.3 is 15.6 Å². The van der Waals surface area contributed by atoms with Crippen molar-refractivity contribution in [3.63, 3.8) is 0 Å². The quantitative estimate of drug-likeness (QED) is 0.792. The minimum atomic E-state index is 0.172. The summed E-state index contributed by atoms with van der Waals surface area (Å²) < 4.78 is 5.12. The molecule has 17 heavy (non-hydrogen) atoms. The Morgan fingerprint density at radius 3 is 2.71 bits per heavy atom. The third kappa shape index (κ3) is 3.35. The zero-order valence-corrected chi connectivity index (χ0v) is 10.8. The van der Waals surface area contributed by atoms with Crippen LogP contribution in [0.15, 0.2) is 18.2 Å². The van der Waals surface area contributed by atoms with Crippen molar-refractivity contribution in [2.45, 2.75) is 19.9 Å². The number of ether oxygens (including phenoxy) is 1. The molecule has 0 amide bonds. The molecule has 1 aromatic rings. The molecule has 0 saturated carbocycles. The lowest BCUT2D eigenvalue weighted by molar-refractivity contribution is 0.228. The van der Waals surface area contributed by atoms with E-state index in [0.29, 0.717) is 12.3 Å². The van der Waals surface area contributed by atoms with Crippen molar-refractivity contribution < 1.29 is 9.84 Å². The molecule has 1 atom stereocenters. The number of nitrogens with two attached hydrogens (primary N) is 1. The van der Waals surface area contributed by atoms with Gasteiger partial charge in [-0.25, -0.2) is 0 Å². The van der Waals surface area contributed by atoms with Crippen LogP contribution < -0.4 is 10.5 Å². The molecule has 4 nitrogen and oxygen atoms in total. The summed E-state index contributed by atoms with van der Waals surface area (Å²) in [5.74, 6) is 0.684. The average molecular weight is 238 g/mol. The third-order valence-corrected chi connectivity index (χ3v) is 3.06. The fourth-order valence-corrected chi connectivity index (χ4v) is 1.96. The van der Waals surface area contributed by atoms with Crippen molar-refractivity contribution in [2.75, 3.05) is 26.7 Å². The van der Waals surface area contributed by atoms with Gasteiger partial charge in [0, 0.05) is 19.1 Å². The molecule has 0 aliphatic carbocycles. The Kier molecular flexibility index (Phi) is 5.25. The van der Waals surface area contributed by atoms with Crippen LogP contribution >= 0.6 is 0 Å². The van der Waals surface area contributed by atoms with Gasteiger partial charge in [-0.1, -0.05) is 13.0 Å². The van der Waals surface area contributed by atoms with E-state index in [9.17, 15) is 5.11 Å². The predicted octanol–water partition coefficient (Wildman–Crippen LogP) is 1.74. The summed E-state index contributed by atoms with van der Waals surface area (Å²) in [7, 11) is 1.56. The number of methoxy groups -OCH3 is 1. The smallest absolute Gasteiger partial charge is 0.160 e. The van der Waals surface area contributed by atoms with Crippen molar-refractivity contribution in [1.82, 2.24) is 4.90 Å². The van der Waals surface area contributed by atoms with Gasteiger partial charge in [-0.2, -0.15) is 0 Å². The van der Waals surface area contributed by atoms with Crippen molar-refractivity contribution in [1.29, 1.82) is 0 Å². The first-order chi connectivity index (χ1) is 8.13. The highest BCUT2D eigenvalue weighted by atomic mass is 16.5. The number of nitrogens with zero attached hydrogens (tertiary/aromatic N) is 1. The van der Waals surface area contributed by atoms with E-state index < -0.39 is 0 Å². The Bertz CT molecular complexity index is 355. The lowest BCUT2D eigenvalue weighted by Crippen LogP contribution is -2.31. The summed E-state index contributed by atoms with van der Waals surface area (Å²) in [6, 6.07) is 5.72. The first kappa shape index (κ1) is 13.8. The number of likely N-dealkylation sites (N-methyl/N-ethyl adjacent to an activating group) is 1. The maximum Gasteiger partial charge on any atom is 0.160 e. The maximum absolute atomic E-state index is 9.56. The van der Waals surface area contributed by atoms with E-state index in [1.54, 1.807) is 13.2 Å². The van der Waals surface area contributed by atoms with Crippen LogP contribution in [0.3, 0.4) is 0 Å². The highest BCUT2D eigenvalue weighted by molar-refractivity contribution is 5.42. The summed E-state index contributed by atoms with van der Waals surface area (Å²) in [6.45, 7) is 6.70. The zero-order chi connectivity index (χ0) is 12.8. The molecule has 1 aromatic carbocycles. The van der Waals surface area contributed by atoms with Crippen LogP contribution in [0.4, 0.5) is 0 Å². The maximum atomic E-state index is 9.56.